The molecule has 0 saturated carbocycles. The number of sulfonamides is 1. The quantitative estimate of drug-likeness (QED) is 0.344. The number of carboxylic acid groups (broad SMARTS) is 1. The standard InChI is InChI=1S/C20H13N5O4S4/c21-33(28,29)13-6-4-12(5-7-13)25-17(15-2-1-9-30-15)23-24-19(25)32-20-22-14-8-3-11(18(26)27)10-16(14)31-20/h1-10H,(H,26,27)(H2,21,28,29). The summed E-state index contributed by atoms with van der Waals surface area (Å²) in [6, 6.07) is 14.8. The van der Waals surface area contributed by atoms with Crippen molar-refractivity contribution in [2.24, 2.45) is 5.14 Å². The summed E-state index contributed by atoms with van der Waals surface area (Å²) in [5, 5.41) is 25.6. The van der Waals surface area contributed by atoms with Gasteiger partial charge in [-0.05, 0) is 65.7 Å². The maximum atomic E-state index is 11.6. The van der Waals surface area contributed by atoms with Crippen LogP contribution in [0.2, 0.25) is 0 Å². The number of carboxylic acids is 1. The number of primary sulfonamides is 1. The lowest BCUT2D eigenvalue weighted by Gasteiger charge is -2.09. The van der Waals surface area contributed by atoms with E-state index in [-0.39, 0.29) is 10.5 Å². The van der Waals surface area contributed by atoms with Crippen molar-refractivity contribution >= 4 is 60.6 Å². The molecular formula is C20H13N5O4S4. The highest BCUT2D eigenvalue weighted by atomic mass is 32.2. The molecule has 0 amide bonds. The maximum absolute atomic E-state index is 11.6. The minimum absolute atomic E-state index is 0.00612. The van der Waals surface area contributed by atoms with Gasteiger partial charge in [-0.15, -0.1) is 32.9 Å². The number of carbonyl (C=O) groups is 1. The molecule has 0 bridgehead atoms. The fourth-order valence-electron chi connectivity index (χ4n) is 3.08. The number of rotatable bonds is 6. The molecule has 9 nitrogen and oxygen atoms in total. The van der Waals surface area contributed by atoms with Crippen LogP contribution in [0.3, 0.4) is 0 Å². The molecule has 5 rings (SSSR count). The van der Waals surface area contributed by atoms with E-state index in [4.69, 9.17) is 5.14 Å². The van der Waals surface area contributed by atoms with Crippen molar-refractivity contribution < 1.29 is 18.3 Å². The van der Waals surface area contributed by atoms with Crippen LogP contribution in [0.25, 0.3) is 26.6 Å². The number of aromatic carboxylic acids is 1. The van der Waals surface area contributed by atoms with Crippen molar-refractivity contribution in [3.05, 3.63) is 65.5 Å². The number of hydrogen-bond acceptors (Lipinski definition) is 9. The molecule has 0 fully saturated rings. The van der Waals surface area contributed by atoms with Crippen molar-refractivity contribution in [3.63, 3.8) is 0 Å². The van der Waals surface area contributed by atoms with Crippen molar-refractivity contribution in [3.8, 4) is 16.4 Å². The lowest BCUT2D eigenvalue weighted by Crippen LogP contribution is -2.12. The molecular weight excluding hydrogens is 503 g/mol. The van der Waals surface area contributed by atoms with Crippen LogP contribution < -0.4 is 5.14 Å². The number of hydrogen-bond donors (Lipinski definition) is 2. The number of benzene rings is 2. The first-order chi connectivity index (χ1) is 15.8. The van der Waals surface area contributed by atoms with Crippen LogP contribution >= 0.6 is 34.4 Å². The van der Waals surface area contributed by atoms with Crippen molar-refractivity contribution in [2.75, 3.05) is 0 Å². The van der Waals surface area contributed by atoms with Gasteiger partial charge in [-0.1, -0.05) is 6.07 Å². The average Bonchev–Trinajstić information content (AvgIpc) is 3.52. The molecule has 5 aromatic rings. The van der Waals surface area contributed by atoms with Crippen LogP contribution in [-0.4, -0.2) is 39.2 Å². The molecule has 0 spiro atoms. The van der Waals surface area contributed by atoms with E-state index in [0.29, 0.717) is 26.5 Å². The summed E-state index contributed by atoms with van der Waals surface area (Å²) < 4.78 is 26.5. The highest BCUT2D eigenvalue weighted by molar-refractivity contribution is 8.01. The summed E-state index contributed by atoms with van der Waals surface area (Å²) >= 11 is 4.15. The number of nitrogens with zero attached hydrogens (tertiary/aromatic N) is 4. The number of nitrogens with two attached hydrogens (primary N) is 1. The summed E-state index contributed by atoms with van der Waals surface area (Å²) in [6.45, 7) is 0. The molecule has 0 atom stereocenters. The predicted octanol–water partition coefficient (Wildman–Crippen LogP) is 4.10. The van der Waals surface area contributed by atoms with Gasteiger partial charge in [0.15, 0.2) is 10.2 Å². The maximum Gasteiger partial charge on any atom is 0.335 e. The Labute approximate surface area is 199 Å². The van der Waals surface area contributed by atoms with E-state index in [1.165, 1.54) is 52.6 Å². The summed E-state index contributed by atoms with van der Waals surface area (Å²) in [6.07, 6.45) is 0. The van der Waals surface area contributed by atoms with Gasteiger partial charge in [-0.25, -0.2) is 23.3 Å². The summed E-state index contributed by atoms with van der Waals surface area (Å²) in [4.78, 5) is 16.7. The van der Waals surface area contributed by atoms with Crippen LogP contribution in [0.4, 0.5) is 0 Å². The Morgan fingerprint density at radius 2 is 1.88 bits per heavy atom. The number of aromatic nitrogens is 4. The Morgan fingerprint density at radius 3 is 2.55 bits per heavy atom. The van der Waals surface area contributed by atoms with Crippen LogP contribution in [0.1, 0.15) is 10.4 Å². The van der Waals surface area contributed by atoms with Gasteiger partial charge in [-0.2, -0.15) is 0 Å². The molecule has 0 unspecified atom stereocenters. The number of thiophene rings is 1. The van der Waals surface area contributed by atoms with Gasteiger partial charge in [0.1, 0.15) is 0 Å². The molecule has 166 valence electrons. The Balaban J connectivity index is 1.58. The zero-order chi connectivity index (χ0) is 23.2. The minimum atomic E-state index is -3.82. The Bertz CT molecular complexity index is 1590. The first kappa shape index (κ1) is 21.7. The molecule has 0 aliphatic carbocycles. The molecule has 0 aliphatic rings. The van der Waals surface area contributed by atoms with E-state index in [1.807, 2.05) is 22.1 Å². The fraction of sp³-hybridized carbons (Fsp3) is 0. The average molecular weight is 516 g/mol. The van der Waals surface area contributed by atoms with Crippen molar-refractivity contribution in [1.82, 2.24) is 19.7 Å². The third-order valence-corrected chi connectivity index (χ3v) is 8.41. The normalized spacial score (nSPS) is 11.8. The van der Waals surface area contributed by atoms with Crippen LogP contribution in [-0.2, 0) is 10.0 Å². The number of thiazole rings is 1. The zero-order valence-electron chi connectivity index (χ0n) is 16.4. The molecule has 0 aliphatic heterocycles. The highest BCUT2D eigenvalue weighted by Crippen LogP contribution is 2.37. The highest BCUT2D eigenvalue weighted by Gasteiger charge is 2.20. The van der Waals surface area contributed by atoms with Crippen molar-refractivity contribution in [1.29, 1.82) is 0 Å². The molecule has 3 heterocycles. The van der Waals surface area contributed by atoms with Gasteiger partial charge in [-0.3, -0.25) is 4.57 Å². The van der Waals surface area contributed by atoms with E-state index in [2.05, 4.69) is 15.2 Å². The van der Waals surface area contributed by atoms with Crippen LogP contribution in [0.15, 0.2) is 74.4 Å². The first-order valence-electron chi connectivity index (χ1n) is 9.24. The zero-order valence-corrected chi connectivity index (χ0v) is 19.7. The number of fused-ring (bicyclic) bond motifs is 1. The van der Waals surface area contributed by atoms with Gasteiger partial charge in [0.25, 0.3) is 0 Å². The molecule has 13 heteroatoms. The fourth-order valence-corrected chi connectivity index (χ4v) is 6.35. The first-order valence-corrected chi connectivity index (χ1v) is 13.3. The lowest BCUT2D eigenvalue weighted by atomic mass is 10.2. The Hall–Kier alpha value is -3.10. The Kier molecular flexibility index (Phi) is 5.50. The molecule has 0 radical (unpaired) electrons. The summed E-state index contributed by atoms with van der Waals surface area (Å²) in [5.41, 5.74) is 1.54. The van der Waals surface area contributed by atoms with E-state index < -0.39 is 16.0 Å². The molecule has 33 heavy (non-hydrogen) atoms. The lowest BCUT2D eigenvalue weighted by molar-refractivity contribution is 0.0697. The third kappa shape index (κ3) is 4.28. The minimum Gasteiger partial charge on any atom is -0.478 e. The van der Waals surface area contributed by atoms with E-state index >= 15 is 0 Å². The molecule has 0 saturated heterocycles. The third-order valence-electron chi connectivity index (χ3n) is 4.59. The van der Waals surface area contributed by atoms with Gasteiger partial charge in [0, 0.05) is 5.69 Å². The summed E-state index contributed by atoms with van der Waals surface area (Å²) in [5.74, 6) is -0.395. The van der Waals surface area contributed by atoms with E-state index in [1.54, 1.807) is 24.3 Å². The Morgan fingerprint density at radius 1 is 1.09 bits per heavy atom. The smallest absolute Gasteiger partial charge is 0.335 e. The van der Waals surface area contributed by atoms with Gasteiger partial charge < -0.3 is 5.11 Å². The molecule has 3 aromatic heterocycles. The second kappa shape index (κ2) is 8.35. The second-order valence-corrected chi connectivity index (χ2v) is 11.5. The van der Waals surface area contributed by atoms with E-state index in [0.717, 1.165) is 9.58 Å². The van der Waals surface area contributed by atoms with Crippen LogP contribution in [0.5, 0.6) is 0 Å². The topological polar surface area (TPSA) is 141 Å². The van der Waals surface area contributed by atoms with Gasteiger partial charge >= 0.3 is 5.97 Å². The second-order valence-electron chi connectivity index (χ2n) is 6.73. The molecule has 2 aromatic carbocycles. The van der Waals surface area contributed by atoms with Crippen molar-refractivity contribution in [2.45, 2.75) is 14.4 Å². The van der Waals surface area contributed by atoms with E-state index in [9.17, 15) is 18.3 Å². The van der Waals surface area contributed by atoms with Gasteiger partial charge in [0.2, 0.25) is 15.2 Å². The molecule has 3 N–H and O–H groups in total. The SMILES string of the molecule is NS(=O)(=O)c1ccc(-n2c(Sc3nc4ccc(C(=O)O)cc4s3)nnc2-c2cccs2)cc1. The summed E-state index contributed by atoms with van der Waals surface area (Å²) in [7, 11) is -3.82. The van der Waals surface area contributed by atoms with Gasteiger partial charge in [0.05, 0.1) is 25.6 Å². The monoisotopic (exact) mass is 515 g/mol. The van der Waals surface area contributed by atoms with Crippen LogP contribution in [0, 0.1) is 0 Å². The predicted molar refractivity (Wildman–Crippen MR) is 127 cm³/mol. The largest absolute Gasteiger partial charge is 0.478 e.